The van der Waals surface area contributed by atoms with E-state index in [0.717, 1.165) is 16.9 Å². The van der Waals surface area contributed by atoms with E-state index in [1.165, 1.54) is 5.56 Å². The van der Waals surface area contributed by atoms with Gasteiger partial charge < -0.3 is 15.2 Å². The van der Waals surface area contributed by atoms with Gasteiger partial charge in [0.2, 0.25) is 0 Å². The fraction of sp³-hybridized carbons (Fsp3) is 0.182. The first kappa shape index (κ1) is 17.2. The predicted octanol–water partition coefficient (Wildman–Crippen LogP) is 4.26. The fourth-order valence-corrected chi connectivity index (χ4v) is 2.89. The average Bonchev–Trinajstić information content (AvgIpc) is 2.70. The average molecular weight is 333 g/mol. The van der Waals surface area contributed by atoms with Crippen LogP contribution in [0.3, 0.4) is 0 Å². The number of methoxy groups -OCH3 is 1. The molecule has 2 atom stereocenters. The molecule has 2 unspecified atom stereocenters. The van der Waals surface area contributed by atoms with Gasteiger partial charge in [0.25, 0.3) is 0 Å². The van der Waals surface area contributed by atoms with E-state index in [0.29, 0.717) is 6.54 Å². The van der Waals surface area contributed by atoms with Crippen LogP contribution in [0.2, 0.25) is 0 Å². The molecule has 3 rings (SSSR count). The third-order valence-electron chi connectivity index (χ3n) is 4.30. The van der Waals surface area contributed by atoms with Crippen LogP contribution in [0.25, 0.3) is 0 Å². The van der Waals surface area contributed by atoms with Crippen molar-refractivity contribution in [3.05, 3.63) is 102 Å². The molecule has 25 heavy (non-hydrogen) atoms. The normalized spacial score (nSPS) is 13.2. The van der Waals surface area contributed by atoms with E-state index in [-0.39, 0.29) is 6.04 Å². The number of rotatable bonds is 7. The molecule has 3 aromatic rings. The number of benzene rings is 3. The van der Waals surface area contributed by atoms with Crippen molar-refractivity contribution in [1.82, 2.24) is 5.32 Å². The van der Waals surface area contributed by atoms with Gasteiger partial charge in [-0.1, -0.05) is 72.8 Å². The number of aliphatic hydroxyl groups is 1. The van der Waals surface area contributed by atoms with Crippen LogP contribution in [-0.4, -0.2) is 12.2 Å². The Bertz CT molecular complexity index is 757. The Morgan fingerprint density at radius 3 is 2.00 bits per heavy atom. The molecule has 3 heteroatoms. The summed E-state index contributed by atoms with van der Waals surface area (Å²) in [7, 11) is 1.65. The molecule has 0 aliphatic carbocycles. The molecule has 2 N–H and O–H groups in total. The molecular weight excluding hydrogens is 310 g/mol. The summed E-state index contributed by atoms with van der Waals surface area (Å²) >= 11 is 0. The zero-order valence-electron chi connectivity index (χ0n) is 14.3. The van der Waals surface area contributed by atoms with Crippen LogP contribution in [0, 0.1) is 0 Å². The summed E-state index contributed by atoms with van der Waals surface area (Å²) in [6.45, 7) is 0.682. The Morgan fingerprint density at radius 1 is 0.800 bits per heavy atom. The maximum absolute atomic E-state index is 10.9. The summed E-state index contributed by atoms with van der Waals surface area (Å²) in [4.78, 5) is 0. The summed E-state index contributed by atoms with van der Waals surface area (Å²) in [6, 6.07) is 27.6. The van der Waals surface area contributed by atoms with Crippen molar-refractivity contribution in [2.75, 3.05) is 7.11 Å². The van der Waals surface area contributed by atoms with Gasteiger partial charge in [-0.3, -0.25) is 0 Å². The molecule has 0 aromatic heterocycles. The van der Waals surface area contributed by atoms with E-state index in [1.54, 1.807) is 7.11 Å². The SMILES string of the molecule is COc1ccc(C(NCc2ccccc2)C(O)c2ccccc2)cc1. The number of hydrogen-bond acceptors (Lipinski definition) is 3. The molecule has 0 saturated carbocycles. The quantitative estimate of drug-likeness (QED) is 0.679. The summed E-state index contributed by atoms with van der Waals surface area (Å²) in [5, 5.41) is 14.4. The minimum Gasteiger partial charge on any atom is -0.497 e. The van der Waals surface area contributed by atoms with Crippen molar-refractivity contribution in [3.8, 4) is 5.75 Å². The van der Waals surface area contributed by atoms with Gasteiger partial charge in [0.1, 0.15) is 5.75 Å². The van der Waals surface area contributed by atoms with Crippen LogP contribution in [-0.2, 0) is 6.54 Å². The minimum atomic E-state index is -0.640. The Labute approximate surface area is 148 Å². The van der Waals surface area contributed by atoms with E-state index in [9.17, 15) is 5.11 Å². The smallest absolute Gasteiger partial charge is 0.118 e. The van der Waals surface area contributed by atoms with Gasteiger partial charge in [-0.25, -0.2) is 0 Å². The van der Waals surface area contributed by atoms with E-state index in [2.05, 4.69) is 17.4 Å². The first-order valence-electron chi connectivity index (χ1n) is 8.42. The second kappa shape index (κ2) is 8.47. The van der Waals surface area contributed by atoms with Gasteiger partial charge >= 0.3 is 0 Å². The zero-order valence-corrected chi connectivity index (χ0v) is 14.3. The van der Waals surface area contributed by atoms with Gasteiger partial charge in [0, 0.05) is 6.54 Å². The Balaban J connectivity index is 1.84. The zero-order chi connectivity index (χ0) is 17.5. The van der Waals surface area contributed by atoms with Crippen LogP contribution >= 0.6 is 0 Å². The lowest BCUT2D eigenvalue weighted by molar-refractivity contribution is 0.127. The van der Waals surface area contributed by atoms with E-state index >= 15 is 0 Å². The van der Waals surface area contributed by atoms with Crippen molar-refractivity contribution in [2.45, 2.75) is 18.7 Å². The highest BCUT2D eigenvalue weighted by atomic mass is 16.5. The Hall–Kier alpha value is -2.62. The number of nitrogens with one attached hydrogen (secondary N) is 1. The second-order valence-electron chi connectivity index (χ2n) is 5.97. The van der Waals surface area contributed by atoms with Gasteiger partial charge in [0.05, 0.1) is 19.3 Å². The molecule has 0 bridgehead atoms. The summed E-state index contributed by atoms with van der Waals surface area (Å²) in [5.74, 6) is 0.805. The van der Waals surface area contributed by atoms with Gasteiger partial charge in [-0.05, 0) is 28.8 Å². The molecule has 0 heterocycles. The first-order valence-corrected chi connectivity index (χ1v) is 8.42. The Morgan fingerprint density at radius 2 is 1.40 bits per heavy atom. The predicted molar refractivity (Wildman–Crippen MR) is 100 cm³/mol. The van der Waals surface area contributed by atoms with Crippen molar-refractivity contribution >= 4 is 0 Å². The maximum Gasteiger partial charge on any atom is 0.118 e. The van der Waals surface area contributed by atoms with Crippen LogP contribution in [0.15, 0.2) is 84.9 Å². The largest absolute Gasteiger partial charge is 0.497 e. The molecule has 0 aliphatic heterocycles. The number of aliphatic hydroxyl groups excluding tert-OH is 1. The van der Waals surface area contributed by atoms with Gasteiger partial charge in [-0.2, -0.15) is 0 Å². The number of hydrogen-bond donors (Lipinski definition) is 2. The second-order valence-corrected chi connectivity index (χ2v) is 5.97. The monoisotopic (exact) mass is 333 g/mol. The molecule has 0 spiro atoms. The van der Waals surface area contributed by atoms with Crippen LogP contribution in [0.1, 0.15) is 28.8 Å². The highest BCUT2D eigenvalue weighted by Crippen LogP contribution is 2.30. The summed E-state index contributed by atoms with van der Waals surface area (Å²) < 4.78 is 5.24. The third-order valence-corrected chi connectivity index (χ3v) is 4.30. The molecule has 3 nitrogen and oxygen atoms in total. The lowest BCUT2D eigenvalue weighted by Crippen LogP contribution is -2.27. The highest BCUT2D eigenvalue weighted by molar-refractivity contribution is 5.32. The van der Waals surface area contributed by atoms with E-state index in [4.69, 9.17) is 4.74 Å². The lowest BCUT2D eigenvalue weighted by atomic mass is 9.95. The molecule has 0 radical (unpaired) electrons. The molecule has 128 valence electrons. The topological polar surface area (TPSA) is 41.5 Å². The molecule has 0 amide bonds. The van der Waals surface area contributed by atoms with Gasteiger partial charge in [-0.15, -0.1) is 0 Å². The number of ether oxygens (including phenoxy) is 1. The van der Waals surface area contributed by atoms with Crippen molar-refractivity contribution < 1.29 is 9.84 Å². The minimum absolute atomic E-state index is 0.214. The molecule has 0 aliphatic rings. The fourth-order valence-electron chi connectivity index (χ4n) is 2.89. The molecule has 0 fully saturated rings. The molecular formula is C22H23NO2. The van der Waals surface area contributed by atoms with Crippen LogP contribution in [0.4, 0.5) is 0 Å². The van der Waals surface area contributed by atoms with Crippen LogP contribution < -0.4 is 10.1 Å². The Kier molecular flexibility index (Phi) is 5.83. The van der Waals surface area contributed by atoms with Crippen molar-refractivity contribution in [1.29, 1.82) is 0 Å². The third kappa shape index (κ3) is 4.47. The molecule has 3 aromatic carbocycles. The standard InChI is InChI=1S/C22H23NO2/c1-25-20-14-12-18(13-15-20)21(22(24)19-10-6-3-7-11-19)23-16-17-8-4-2-5-9-17/h2-15,21-24H,16H2,1H3. The lowest BCUT2D eigenvalue weighted by Gasteiger charge is -2.25. The van der Waals surface area contributed by atoms with Crippen LogP contribution in [0.5, 0.6) is 5.75 Å². The first-order chi connectivity index (χ1) is 12.3. The van der Waals surface area contributed by atoms with Crippen molar-refractivity contribution in [2.24, 2.45) is 0 Å². The van der Waals surface area contributed by atoms with Gasteiger partial charge in [0.15, 0.2) is 0 Å². The highest BCUT2D eigenvalue weighted by Gasteiger charge is 2.22. The van der Waals surface area contributed by atoms with Crippen molar-refractivity contribution in [3.63, 3.8) is 0 Å². The van der Waals surface area contributed by atoms with E-state index in [1.807, 2.05) is 72.8 Å². The molecule has 0 saturated heterocycles. The summed E-state index contributed by atoms with van der Waals surface area (Å²) in [6.07, 6.45) is -0.640. The van der Waals surface area contributed by atoms with E-state index < -0.39 is 6.10 Å². The summed E-state index contributed by atoms with van der Waals surface area (Å²) in [5.41, 5.74) is 3.10. The maximum atomic E-state index is 10.9.